The fourth-order valence-electron chi connectivity index (χ4n) is 2.36. The molecule has 2 aromatic carbocycles. The number of benzene rings is 2. The van der Waals surface area contributed by atoms with Gasteiger partial charge in [0.2, 0.25) is 5.95 Å². The van der Waals surface area contributed by atoms with Crippen molar-refractivity contribution < 1.29 is 4.39 Å². The number of anilines is 1. The average Bonchev–Trinajstić information content (AvgIpc) is 3.03. The molecule has 0 aliphatic heterocycles. The maximum absolute atomic E-state index is 13.6. The summed E-state index contributed by atoms with van der Waals surface area (Å²) in [5.74, 6) is 0.890. The Balaban J connectivity index is 1.64. The molecule has 2 N–H and O–H groups in total. The molecule has 0 spiro atoms. The van der Waals surface area contributed by atoms with Crippen LogP contribution in [0.1, 0.15) is 5.56 Å². The van der Waals surface area contributed by atoms with Gasteiger partial charge in [0.25, 0.3) is 5.78 Å². The van der Waals surface area contributed by atoms with E-state index in [1.165, 1.54) is 6.07 Å². The number of nitrogens with one attached hydrogen (secondary N) is 2. The second kappa shape index (κ2) is 5.10. The first-order valence-corrected chi connectivity index (χ1v) is 7.51. The maximum Gasteiger partial charge on any atom is 0.253 e. The number of aromatic nitrogens is 4. The topological polar surface area (TPSA) is 58.0 Å². The van der Waals surface area contributed by atoms with Crippen LogP contribution in [0.3, 0.4) is 0 Å². The molecule has 22 heavy (non-hydrogen) atoms. The van der Waals surface area contributed by atoms with Crippen LogP contribution in [0, 0.1) is 5.82 Å². The Labute approximate surface area is 133 Å². The zero-order valence-corrected chi connectivity index (χ0v) is 12.9. The summed E-state index contributed by atoms with van der Waals surface area (Å²) in [7, 11) is 0. The van der Waals surface area contributed by atoms with E-state index in [0.29, 0.717) is 23.8 Å². The molecule has 2 heterocycles. The summed E-state index contributed by atoms with van der Waals surface area (Å²) >= 11 is 3.42. The molecule has 0 unspecified atom stereocenters. The largest absolute Gasteiger partial charge is 0.350 e. The third-order valence-electron chi connectivity index (χ3n) is 3.43. The predicted molar refractivity (Wildman–Crippen MR) is 86.3 cm³/mol. The molecule has 0 aliphatic carbocycles. The quantitative estimate of drug-likeness (QED) is 0.586. The van der Waals surface area contributed by atoms with Gasteiger partial charge in [-0.3, -0.25) is 5.10 Å². The van der Waals surface area contributed by atoms with Crippen molar-refractivity contribution in [1.29, 1.82) is 0 Å². The monoisotopic (exact) mass is 359 g/mol. The summed E-state index contributed by atoms with van der Waals surface area (Å²) in [6.07, 6.45) is 0. The van der Waals surface area contributed by atoms with Crippen LogP contribution in [0.25, 0.3) is 16.8 Å². The number of aromatic amines is 1. The van der Waals surface area contributed by atoms with Crippen LogP contribution < -0.4 is 5.32 Å². The summed E-state index contributed by atoms with van der Waals surface area (Å²) in [6.45, 7) is 0.354. The summed E-state index contributed by atoms with van der Waals surface area (Å²) in [5.41, 5.74) is 2.38. The molecule has 5 nitrogen and oxygen atoms in total. The number of fused-ring (bicyclic) bond motifs is 3. The third kappa shape index (κ3) is 2.23. The zero-order valence-electron chi connectivity index (χ0n) is 11.3. The molecule has 4 aromatic rings. The van der Waals surface area contributed by atoms with Gasteiger partial charge in [-0.05, 0) is 24.3 Å². The fourth-order valence-corrected chi connectivity index (χ4v) is 2.71. The van der Waals surface area contributed by atoms with Crippen LogP contribution in [0.5, 0.6) is 0 Å². The molecular weight excluding hydrogens is 349 g/mol. The molecule has 4 rings (SSSR count). The van der Waals surface area contributed by atoms with Crippen LogP contribution in [-0.4, -0.2) is 19.6 Å². The Bertz CT molecular complexity index is 975. The number of hydrogen-bond acceptors (Lipinski definition) is 3. The van der Waals surface area contributed by atoms with Gasteiger partial charge in [-0.2, -0.15) is 4.98 Å². The van der Waals surface area contributed by atoms with Crippen LogP contribution >= 0.6 is 15.9 Å². The van der Waals surface area contributed by atoms with E-state index < -0.39 is 0 Å². The molecule has 0 aliphatic rings. The number of halogens is 2. The van der Waals surface area contributed by atoms with E-state index in [9.17, 15) is 4.39 Å². The van der Waals surface area contributed by atoms with Crippen molar-refractivity contribution in [2.24, 2.45) is 0 Å². The maximum atomic E-state index is 13.6. The molecule has 0 saturated heterocycles. The smallest absolute Gasteiger partial charge is 0.253 e. The highest BCUT2D eigenvalue weighted by atomic mass is 79.9. The van der Waals surface area contributed by atoms with Gasteiger partial charge in [-0.1, -0.05) is 34.1 Å². The first-order valence-electron chi connectivity index (χ1n) is 6.72. The fraction of sp³-hybridized carbons (Fsp3) is 0.0667. The number of rotatable bonds is 3. The number of hydrogen-bond donors (Lipinski definition) is 2. The van der Waals surface area contributed by atoms with Gasteiger partial charge in [0.15, 0.2) is 0 Å². The minimum atomic E-state index is -0.235. The van der Waals surface area contributed by atoms with Crippen LogP contribution in [0.2, 0.25) is 0 Å². The molecule has 0 bridgehead atoms. The van der Waals surface area contributed by atoms with E-state index in [1.54, 1.807) is 22.7 Å². The summed E-state index contributed by atoms with van der Waals surface area (Å²) in [5, 5.41) is 6.20. The normalized spacial score (nSPS) is 11.4. The molecule has 0 saturated carbocycles. The van der Waals surface area contributed by atoms with Gasteiger partial charge in [-0.15, -0.1) is 0 Å². The van der Waals surface area contributed by atoms with E-state index in [1.807, 2.05) is 18.2 Å². The number of imidazole rings is 1. The van der Waals surface area contributed by atoms with Gasteiger partial charge < -0.3 is 5.32 Å². The van der Waals surface area contributed by atoms with E-state index >= 15 is 0 Å². The molecular formula is C15H11BrFN5. The molecule has 0 fully saturated rings. The van der Waals surface area contributed by atoms with Gasteiger partial charge >= 0.3 is 0 Å². The van der Waals surface area contributed by atoms with Crippen molar-refractivity contribution in [1.82, 2.24) is 19.6 Å². The lowest BCUT2D eigenvalue weighted by Crippen LogP contribution is -2.03. The van der Waals surface area contributed by atoms with E-state index in [-0.39, 0.29) is 5.82 Å². The zero-order chi connectivity index (χ0) is 15.1. The van der Waals surface area contributed by atoms with E-state index in [2.05, 4.69) is 36.3 Å². The molecule has 110 valence electrons. The first kappa shape index (κ1) is 13.3. The lowest BCUT2D eigenvalue weighted by Gasteiger charge is -2.03. The van der Waals surface area contributed by atoms with Crippen LogP contribution in [0.15, 0.2) is 46.9 Å². The summed E-state index contributed by atoms with van der Waals surface area (Å²) in [6, 6.07) is 12.5. The molecule has 7 heteroatoms. The van der Waals surface area contributed by atoms with Crippen molar-refractivity contribution >= 4 is 38.7 Å². The SMILES string of the molecule is Fc1ccccc1CNc1nc2nc3cc(Br)ccc3n2[nH]1. The van der Waals surface area contributed by atoms with Crippen molar-refractivity contribution in [3.63, 3.8) is 0 Å². The van der Waals surface area contributed by atoms with Crippen molar-refractivity contribution in [2.45, 2.75) is 6.54 Å². The Morgan fingerprint density at radius 1 is 1.18 bits per heavy atom. The third-order valence-corrected chi connectivity index (χ3v) is 3.93. The van der Waals surface area contributed by atoms with Gasteiger partial charge in [0, 0.05) is 16.6 Å². The number of nitrogens with zero attached hydrogens (tertiary/aromatic N) is 3. The molecule has 2 aromatic heterocycles. The second-order valence-electron chi connectivity index (χ2n) is 4.90. The summed E-state index contributed by atoms with van der Waals surface area (Å²) in [4.78, 5) is 8.82. The lowest BCUT2D eigenvalue weighted by atomic mass is 10.2. The molecule has 0 radical (unpaired) electrons. The minimum Gasteiger partial charge on any atom is -0.350 e. The van der Waals surface area contributed by atoms with Crippen molar-refractivity contribution in [3.8, 4) is 0 Å². The van der Waals surface area contributed by atoms with Crippen LogP contribution in [-0.2, 0) is 6.54 Å². The highest BCUT2D eigenvalue weighted by Crippen LogP contribution is 2.21. The standard InChI is InChI=1S/C15H11BrFN5/c16-10-5-6-13-12(7-10)19-15-20-14(21-22(13)15)18-8-9-3-1-2-4-11(9)17/h1-7H,8H2,(H2,18,19,20,21). The van der Waals surface area contributed by atoms with Gasteiger partial charge in [-0.25, -0.2) is 13.9 Å². The van der Waals surface area contributed by atoms with Crippen molar-refractivity contribution in [3.05, 3.63) is 58.3 Å². The Hall–Kier alpha value is -2.41. The van der Waals surface area contributed by atoms with Gasteiger partial charge in [0.1, 0.15) is 5.82 Å². The van der Waals surface area contributed by atoms with E-state index in [0.717, 1.165) is 15.5 Å². The second-order valence-corrected chi connectivity index (χ2v) is 5.81. The molecule has 0 atom stereocenters. The average molecular weight is 360 g/mol. The Kier molecular flexibility index (Phi) is 3.07. The highest BCUT2D eigenvalue weighted by Gasteiger charge is 2.10. The van der Waals surface area contributed by atoms with Gasteiger partial charge in [0.05, 0.1) is 11.0 Å². The van der Waals surface area contributed by atoms with E-state index in [4.69, 9.17) is 0 Å². The predicted octanol–water partition coefficient (Wildman–Crippen LogP) is 3.72. The lowest BCUT2D eigenvalue weighted by molar-refractivity contribution is 0.612. The minimum absolute atomic E-state index is 0.235. The Morgan fingerprint density at radius 3 is 2.91 bits per heavy atom. The Morgan fingerprint density at radius 2 is 2.05 bits per heavy atom. The first-order chi connectivity index (χ1) is 10.7. The molecule has 0 amide bonds. The van der Waals surface area contributed by atoms with Crippen molar-refractivity contribution in [2.75, 3.05) is 5.32 Å². The highest BCUT2D eigenvalue weighted by molar-refractivity contribution is 9.10. The number of H-pyrrole nitrogens is 1. The summed E-state index contributed by atoms with van der Waals surface area (Å²) < 4.78 is 16.4. The van der Waals surface area contributed by atoms with Crippen LogP contribution in [0.4, 0.5) is 10.3 Å².